The van der Waals surface area contributed by atoms with Gasteiger partial charge in [0.2, 0.25) is 17.5 Å². The second kappa shape index (κ2) is 8.30. The van der Waals surface area contributed by atoms with Crippen LogP contribution in [0.15, 0.2) is 45.8 Å². The van der Waals surface area contributed by atoms with Gasteiger partial charge in [-0.2, -0.15) is 0 Å². The SMILES string of the molecule is O=c1c(-c2ccc(O)cc2)coc2c(O[C@@H]3O[C@H](CO)[C@H](O)[C@@H](O)[C@H]3O)c(O)cc(O)c12. The number of phenolic OH excluding ortho intramolecular Hbond substituents is 3. The Balaban J connectivity index is 1.80. The summed E-state index contributed by atoms with van der Waals surface area (Å²) in [6.07, 6.45) is -6.99. The van der Waals surface area contributed by atoms with Crippen LogP contribution in [0.4, 0.5) is 0 Å². The van der Waals surface area contributed by atoms with Crippen LogP contribution in [0.25, 0.3) is 22.1 Å². The molecule has 5 atom stereocenters. The van der Waals surface area contributed by atoms with Crippen molar-refractivity contribution in [2.24, 2.45) is 0 Å². The maximum Gasteiger partial charge on any atom is 0.229 e. The van der Waals surface area contributed by atoms with E-state index in [1.165, 1.54) is 24.3 Å². The van der Waals surface area contributed by atoms with E-state index < -0.39 is 60.0 Å². The van der Waals surface area contributed by atoms with Crippen molar-refractivity contribution in [2.45, 2.75) is 30.7 Å². The van der Waals surface area contributed by atoms with Gasteiger partial charge in [0.15, 0.2) is 11.3 Å². The van der Waals surface area contributed by atoms with Crippen molar-refractivity contribution in [1.82, 2.24) is 0 Å². The quantitative estimate of drug-likeness (QED) is 0.279. The smallest absolute Gasteiger partial charge is 0.229 e. The van der Waals surface area contributed by atoms with Crippen molar-refractivity contribution in [3.8, 4) is 34.1 Å². The molecule has 7 N–H and O–H groups in total. The molecule has 0 spiro atoms. The average molecular weight is 448 g/mol. The molecular weight excluding hydrogens is 428 g/mol. The fourth-order valence-electron chi connectivity index (χ4n) is 3.49. The first kappa shape index (κ1) is 21.9. The minimum absolute atomic E-state index is 0.0121. The van der Waals surface area contributed by atoms with Crippen molar-refractivity contribution >= 4 is 11.0 Å². The number of phenols is 3. The van der Waals surface area contributed by atoms with Crippen LogP contribution in [0, 0.1) is 0 Å². The van der Waals surface area contributed by atoms with Crippen LogP contribution in [-0.2, 0) is 4.74 Å². The standard InChI is InChI=1S/C21H20O11/c22-6-13-16(27)17(28)18(29)21(31-13)32-19-12(25)5-11(24)14-15(26)10(7-30-20(14)19)8-1-3-9(23)4-2-8/h1-5,7,13,16-18,21-25,27-29H,6H2/t13-,16+,17-,18-,21+/m1/s1. The summed E-state index contributed by atoms with van der Waals surface area (Å²) >= 11 is 0. The monoisotopic (exact) mass is 448 g/mol. The number of hydrogen-bond donors (Lipinski definition) is 7. The highest BCUT2D eigenvalue weighted by molar-refractivity contribution is 5.93. The lowest BCUT2D eigenvalue weighted by molar-refractivity contribution is -0.277. The summed E-state index contributed by atoms with van der Waals surface area (Å²) in [6.45, 7) is -0.696. The summed E-state index contributed by atoms with van der Waals surface area (Å²) in [5.74, 6) is -1.75. The Morgan fingerprint density at radius 1 is 0.938 bits per heavy atom. The number of hydrogen-bond acceptors (Lipinski definition) is 11. The molecule has 0 saturated carbocycles. The van der Waals surface area contributed by atoms with Gasteiger partial charge in [-0.1, -0.05) is 12.1 Å². The van der Waals surface area contributed by atoms with Crippen LogP contribution < -0.4 is 10.2 Å². The third-order valence-electron chi connectivity index (χ3n) is 5.22. The Kier molecular flexibility index (Phi) is 5.67. The Labute approximate surface area is 179 Å². The summed E-state index contributed by atoms with van der Waals surface area (Å²) < 4.78 is 16.2. The average Bonchev–Trinajstić information content (AvgIpc) is 2.77. The van der Waals surface area contributed by atoms with Crippen molar-refractivity contribution in [3.05, 3.63) is 46.8 Å². The molecule has 2 aromatic carbocycles. The van der Waals surface area contributed by atoms with E-state index in [2.05, 4.69) is 0 Å². The summed E-state index contributed by atoms with van der Waals surface area (Å²) in [7, 11) is 0. The number of aliphatic hydroxyl groups is 4. The Morgan fingerprint density at radius 2 is 1.62 bits per heavy atom. The van der Waals surface area contributed by atoms with Gasteiger partial charge in [0.25, 0.3) is 0 Å². The number of aliphatic hydroxyl groups excluding tert-OH is 4. The molecule has 11 heteroatoms. The Bertz CT molecular complexity index is 1190. The van der Waals surface area contributed by atoms with Crippen molar-refractivity contribution in [1.29, 1.82) is 0 Å². The molecule has 1 aromatic heterocycles. The van der Waals surface area contributed by atoms with E-state index in [1.807, 2.05) is 0 Å². The van der Waals surface area contributed by atoms with Crippen LogP contribution in [0.2, 0.25) is 0 Å². The van der Waals surface area contributed by atoms with Crippen LogP contribution in [-0.4, -0.2) is 73.1 Å². The maximum absolute atomic E-state index is 13.0. The lowest BCUT2D eigenvalue weighted by Gasteiger charge is -2.39. The minimum atomic E-state index is -1.78. The van der Waals surface area contributed by atoms with Gasteiger partial charge in [0.1, 0.15) is 47.6 Å². The molecule has 1 aliphatic heterocycles. The normalized spacial score (nSPS) is 25.7. The fraction of sp³-hybridized carbons (Fsp3) is 0.286. The first-order valence-electron chi connectivity index (χ1n) is 9.50. The molecule has 1 saturated heterocycles. The van der Waals surface area contributed by atoms with Crippen LogP contribution >= 0.6 is 0 Å². The second-order valence-corrected chi connectivity index (χ2v) is 7.29. The summed E-state index contributed by atoms with van der Waals surface area (Å²) in [4.78, 5) is 13.0. The predicted octanol–water partition coefficient (Wildman–Crippen LogP) is -0.245. The molecule has 1 fully saturated rings. The molecule has 0 radical (unpaired) electrons. The lowest BCUT2D eigenvalue weighted by atomic mass is 9.99. The van der Waals surface area contributed by atoms with Crippen molar-refractivity contribution in [2.75, 3.05) is 6.61 Å². The zero-order chi connectivity index (χ0) is 23.2. The van der Waals surface area contributed by atoms with Gasteiger partial charge in [0, 0.05) is 6.07 Å². The number of aromatic hydroxyl groups is 3. The summed E-state index contributed by atoms with van der Waals surface area (Å²) in [6, 6.07) is 6.50. The van der Waals surface area contributed by atoms with Gasteiger partial charge < -0.3 is 49.6 Å². The van der Waals surface area contributed by atoms with E-state index in [1.54, 1.807) is 0 Å². The molecule has 170 valence electrons. The number of rotatable bonds is 4. The Hall–Kier alpha value is -3.35. The molecule has 0 aliphatic carbocycles. The highest BCUT2D eigenvalue weighted by Crippen LogP contribution is 2.41. The molecular formula is C21H20O11. The van der Waals surface area contributed by atoms with Gasteiger partial charge in [-0.3, -0.25) is 4.79 Å². The number of fused-ring (bicyclic) bond motifs is 1. The molecule has 3 aromatic rings. The molecule has 2 heterocycles. The van der Waals surface area contributed by atoms with E-state index in [4.69, 9.17) is 13.9 Å². The van der Waals surface area contributed by atoms with Crippen molar-refractivity contribution < 1.29 is 49.6 Å². The largest absolute Gasteiger partial charge is 0.508 e. The van der Waals surface area contributed by atoms with E-state index >= 15 is 0 Å². The summed E-state index contributed by atoms with van der Waals surface area (Å²) in [5.41, 5.74) is -0.598. The van der Waals surface area contributed by atoms with Crippen LogP contribution in [0.3, 0.4) is 0 Å². The van der Waals surface area contributed by atoms with Gasteiger partial charge >= 0.3 is 0 Å². The molecule has 1 aliphatic rings. The molecule has 0 bridgehead atoms. The van der Waals surface area contributed by atoms with E-state index in [9.17, 15) is 40.5 Å². The van der Waals surface area contributed by atoms with Crippen LogP contribution in [0.5, 0.6) is 23.0 Å². The summed E-state index contributed by atoms with van der Waals surface area (Å²) in [5, 5.41) is 69.0. The maximum atomic E-state index is 13.0. The van der Waals surface area contributed by atoms with Crippen LogP contribution in [0.1, 0.15) is 0 Å². The number of ether oxygens (including phenoxy) is 2. The number of benzene rings is 2. The zero-order valence-electron chi connectivity index (χ0n) is 16.3. The third-order valence-corrected chi connectivity index (χ3v) is 5.22. The first-order chi connectivity index (χ1) is 15.2. The zero-order valence-corrected chi connectivity index (χ0v) is 16.3. The van der Waals surface area contributed by atoms with Gasteiger partial charge in [-0.15, -0.1) is 0 Å². The van der Waals surface area contributed by atoms with E-state index in [0.29, 0.717) is 5.56 Å². The highest BCUT2D eigenvalue weighted by Gasteiger charge is 2.45. The fourth-order valence-corrected chi connectivity index (χ4v) is 3.49. The predicted molar refractivity (Wildman–Crippen MR) is 107 cm³/mol. The minimum Gasteiger partial charge on any atom is -0.508 e. The molecule has 0 amide bonds. The third kappa shape index (κ3) is 3.61. The van der Waals surface area contributed by atoms with Gasteiger partial charge in [-0.05, 0) is 17.7 Å². The first-order valence-corrected chi connectivity index (χ1v) is 9.50. The highest BCUT2D eigenvalue weighted by atomic mass is 16.7. The van der Waals surface area contributed by atoms with Gasteiger partial charge in [-0.25, -0.2) is 0 Å². The molecule has 32 heavy (non-hydrogen) atoms. The molecule has 11 nitrogen and oxygen atoms in total. The Morgan fingerprint density at radius 3 is 2.28 bits per heavy atom. The second-order valence-electron chi connectivity index (χ2n) is 7.29. The molecule has 0 unspecified atom stereocenters. The van der Waals surface area contributed by atoms with Crippen molar-refractivity contribution in [3.63, 3.8) is 0 Å². The van der Waals surface area contributed by atoms with E-state index in [0.717, 1.165) is 12.3 Å². The van der Waals surface area contributed by atoms with Gasteiger partial charge in [0.05, 0.1) is 12.2 Å². The topological polar surface area (TPSA) is 190 Å². The molecule has 4 rings (SSSR count). The lowest BCUT2D eigenvalue weighted by Crippen LogP contribution is -2.60. The van der Waals surface area contributed by atoms with E-state index in [-0.39, 0.29) is 22.3 Å².